The van der Waals surface area contributed by atoms with Crippen molar-refractivity contribution in [2.45, 2.75) is 0 Å². The lowest BCUT2D eigenvalue weighted by Gasteiger charge is -2.30. The maximum Gasteiger partial charge on any atom is 0.159 e. The third kappa shape index (κ3) is 6.19. The Hall–Kier alpha value is -9.64. The largest absolute Gasteiger partial charge is 0.456 e. The third-order valence-corrected chi connectivity index (χ3v) is 14.8. The first-order valence-corrected chi connectivity index (χ1v) is 24.6. The molecule has 0 atom stereocenters. The maximum absolute atomic E-state index is 7.13. The SMILES string of the molecule is c1ccc(-c2ccccc2N(c2ccc3c(c2)Oc2cccc4c2c-3cc2c3ccccc3c(N(c3ccccc3)c3ccc5c(ccc6ccccc65)c3)cc42)c2cccc3c2oc2ccccc23)cc1. The highest BCUT2D eigenvalue weighted by Crippen LogP contribution is 2.54. The minimum atomic E-state index is 0.797. The highest BCUT2D eigenvalue weighted by Gasteiger charge is 2.28. The van der Waals surface area contributed by atoms with Gasteiger partial charge in [0.25, 0.3) is 0 Å². The van der Waals surface area contributed by atoms with Crippen LogP contribution in [0.25, 0.3) is 98.1 Å². The van der Waals surface area contributed by atoms with Gasteiger partial charge in [-0.05, 0) is 127 Å². The number of ether oxygens (including phenoxy) is 1. The van der Waals surface area contributed by atoms with E-state index in [9.17, 15) is 0 Å². The monoisotopic (exact) mass is 918 g/mol. The van der Waals surface area contributed by atoms with Crippen molar-refractivity contribution < 1.29 is 9.15 Å². The van der Waals surface area contributed by atoms with E-state index in [4.69, 9.17) is 9.15 Å². The van der Waals surface area contributed by atoms with Crippen LogP contribution in [0.3, 0.4) is 0 Å². The highest BCUT2D eigenvalue weighted by atomic mass is 16.5. The van der Waals surface area contributed by atoms with Crippen LogP contribution in [0.1, 0.15) is 0 Å². The minimum Gasteiger partial charge on any atom is -0.456 e. The lowest BCUT2D eigenvalue weighted by atomic mass is 9.88. The summed E-state index contributed by atoms with van der Waals surface area (Å²) in [6.45, 7) is 0. The number of rotatable bonds is 7. The van der Waals surface area contributed by atoms with Gasteiger partial charge in [-0.2, -0.15) is 0 Å². The molecule has 15 rings (SSSR count). The van der Waals surface area contributed by atoms with Gasteiger partial charge in [0.15, 0.2) is 5.58 Å². The Bertz CT molecular complexity index is 4500. The standard InChI is InChI=1S/C68H42N2O2/c1-3-17-43(18-4-1)51-23-11-13-29-61(51)70(62-30-15-28-57-54-26-12-14-31-64(54)72-68(57)62)48-36-38-55-60-41-58-52-24-9-10-25-53(52)63(42-59(58)56-27-16-32-65(67(56)60)71-66(55)40-48)69(46-20-5-2-6-21-46)47-35-37-50-45(39-47)34-33-44-19-7-8-22-49(44)50/h1-42H. The molecule has 0 saturated heterocycles. The van der Waals surface area contributed by atoms with E-state index < -0.39 is 0 Å². The van der Waals surface area contributed by atoms with E-state index in [1.165, 1.54) is 43.1 Å². The molecule has 0 N–H and O–H groups in total. The molecule has 0 bridgehead atoms. The van der Waals surface area contributed by atoms with Gasteiger partial charge in [-0.15, -0.1) is 0 Å². The van der Waals surface area contributed by atoms with Crippen LogP contribution in [-0.4, -0.2) is 0 Å². The number of anilines is 6. The van der Waals surface area contributed by atoms with Crippen LogP contribution < -0.4 is 14.5 Å². The van der Waals surface area contributed by atoms with Crippen LogP contribution in [0, 0.1) is 0 Å². The molecule has 0 saturated carbocycles. The van der Waals surface area contributed by atoms with E-state index in [1.54, 1.807) is 0 Å². The molecule has 72 heavy (non-hydrogen) atoms. The van der Waals surface area contributed by atoms with Crippen molar-refractivity contribution in [3.63, 3.8) is 0 Å². The minimum absolute atomic E-state index is 0.797. The van der Waals surface area contributed by atoms with E-state index in [0.717, 1.165) is 101 Å². The highest BCUT2D eigenvalue weighted by molar-refractivity contribution is 6.26. The molecule has 4 nitrogen and oxygen atoms in total. The molecule has 4 heteroatoms. The average Bonchev–Trinajstić information content (AvgIpc) is 3.83. The number of hydrogen-bond acceptors (Lipinski definition) is 4. The Morgan fingerprint density at radius 3 is 1.81 bits per heavy atom. The van der Waals surface area contributed by atoms with Crippen molar-refractivity contribution in [2.75, 3.05) is 9.80 Å². The topological polar surface area (TPSA) is 28.9 Å². The van der Waals surface area contributed by atoms with Gasteiger partial charge >= 0.3 is 0 Å². The van der Waals surface area contributed by atoms with Gasteiger partial charge in [0, 0.05) is 50.1 Å². The Morgan fingerprint density at radius 1 is 0.278 bits per heavy atom. The zero-order valence-electron chi connectivity index (χ0n) is 39.0. The quantitative estimate of drug-likeness (QED) is 0.149. The maximum atomic E-state index is 7.13. The van der Waals surface area contributed by atoms with Crippen LogP contribution in [0.2, 0.25) is 0 Å². The number of fused-ring (bicyclic) bond motifs is 12. The summed E-state index contributed by atoms with van der Waals surface area (Å²) in [6.07, 6.45) is 0. The number of para-hydroxylation sites is 4. The van der Waals surface area contributed by atoms with Gasteiger partial charge in [0.2, 0.25) is 0 Å². The summed E-state index contributed by atoms with van der Waals surface area (Å²) < 4.78 is 13.9. The predicted octanol–water partition coefficient (Wildman–Crippen LogP) is 19.7. The van der Waals surface area contributed by atoms with Crippen LogP contribution in [0.15, 0.2) is 259 Å². The van der Waals surface area contributed by atoms with Crippen molar-refractivity contribution in [1.29, 1.82) is 0 Å². The summed E-state index contributed by atoms with van der Waals surface area (Å²) in [5.74, 6) is 1.63. The molecule has 0 radical (unpaired) electrons. The molecule has 1 aliphatic rings. The Labute approximate surface area is 415 Å². The van der Waals surface area contributed by atoms with E-state index in [1.807, 2.05) is 12.1 Å². The van der Waals surface area contributed by atoms with Gasteiger partial charge in [-0.3, -0.25) is 0 Å². The molecule has 0 amide bonds. The molecule has 2 heterocycles. The van der Waals surface area contributed by atoms with E-state index in [2.05, 4.69) is 252 Å². The molecule has 0 aliphatic carbocycles. The second-order valence-electron chi connectivity index (χ2n) is 18.8. The number of benzene rings is 13. The van der Waals surface area contributed by atoms with Crippen molar-refractivity contribution in [2.24, 2.45) is 0 Å². The van der Waals surface area contributed by atoms with Crippen molar-refractivity contribution in [3.05, 3.63) is 255 Å². The molecule has 336 valence electrons. The molecule has 13 aromatic carbocycles. The lowest BCUT2D eigenvalue weighted by molar-refractivity contribution is 0.487. The number of furan rings is 1. The van der Waals surface area contributed by atoms with Crippen molar-refractivity contribution in [1.82, 2.24) is 0 Å². The Morgan fingerprint density at radius 2 is 0.917 bits per heavy atom. The molecular formula is C68H42N2O2. The summed E-state index contributed by atoms with van der Waals surface area (Å²) in [5, 5.41) is 14.1. The Kier molecular flexibility index (Phi) is 8.92. The second kappa shape index (κ2) is 16.0. The van der Waals surface area contributed by atoms with Gasteiger partial charge in [0.05, 0.1) is 22.7 Å². The normalized spacial score (nSPS) is 12.0. The van der Waals surface area contributed by atoms with Crippen molar-refractivity contribution in [3.8, 4) is 33.8 Å². The van der Waals surface area contributed by atoms with Crippen LogP contribution in [-0.2, 0) is 0 Å². The van der Waals surface area contributed by atoms with E-state index in [0.29, 0.717) is 0 Å². The molecular weight excluding hydrogens is 877 g/mol. The zero-order chi connectivity index (χ0) is 47.3. The molecule has 1 aliphatic heterocycles. The molecule has 0 spiro atoms. The summed E-state index contributed by atoms with van der Waals surface area (Å²) in [7, 11) is 0. The first-order valence-electron chi connectivity index (χ1n) is 24.6. The number of hydrogen-bond donors (Lipinski definition) is 0. The fraction of sp³-hybridized carbons (Fsp3) is 0. The third-order valence-electron chi connectivity index (χ3n) is 14.8. The van der Waals surface area contributed by atoms with Crippen LogP contribution >= 0.6 is 0 Å². The zero-order valence-corrected chi connectivity index (χ0v) is 39.0. The van der Waals surface area contributed by atoms with Gasteiger partial charge < -0.3 is 19.0 Å². The average molecular weight is 919 g/mol. The van der Waals surface area contributed by atoms with Crippen LogP contribution in [0.4, 0.5) is 34.1 Å². The van der Waals surface area contributed by atoms with E-state index in [-0.39, 0.29) is 0 Å². The molecule has 0 unspecified atom stereocenters. The van der Waals surface area contributed by atoms with Gasteiger partial charge in [0.1, 0.15) is 17.1 Å². The van der Waals surface area contributed by atoms with Gasteiger partial charge in [-0.25, -0.2) is 0 Å². The molecule has 1 aromatic heterocycles. The predicted molar refractivity (Wildman–Crippen MR) is 302 cm³/mol. The summed E-state index contributed by atoms with van der Waals surface area (Å²) in [5.41, 5.74) is 12.4. The van der Waals surface area contributed by atoms with E-state index >= 15 is 0 Å². The summed E-state index contributed by atoms with van der Waals surface area (Å²) in [4.78, 5) is 4.76. The number of nitrogens with zero attached hydrogens (tertiary/aromatic N) is 2. The fourth-order valence-electron chi connectivity index (χ4n) is 11.6. The van der Waals surface area contributed by atoms with Crippen molar-refractivity contribution >= 4 is 110 Å². The molecule has 0 fully saturated rings. The lowest BCUT2D eigenvalue weighted by Crippen LogP contribution is -2.12. The van der Waals surface area contributed by atoms with Gasteiger partial charge in [-0.1, -0.05) is 176 Å². The van der Waals surface area contributed by atoms with Crippen LogP contribution in [0.5, 0.6) is 11.5 Å². The first kappa shape index (κ1) is 40.3. The Balaban J connectivity index is 0.931. The molecule has 14 aromatic rings. The summed E-state index contributed by atoms with van der Waals surface area (Å²) in [6, 6.07) is 91.6. The fourth-order valence-corrected chi connectivity index (χ4v) is 11.6. The summed E-state index contributed by atoms with van der Waals surface area (Å²) >= 11 is 0. The smallest absolute Gasteiger partial charge is 0.159 e. The first-order chi connectivity index (χ1) is 35.7. The second-order valence-corrected chi connectivity index (χ2v) is 18.8.